The lowest BCUT2D eigenvalue weighted by atomic mass is 9.88. The second-order valence-electron chi connectivity index (χ2n) is 11.3. The van der Waals surface area contributed by atoms with Crippen molar-refractivity contribution in [1.29, 1.82) is 0 Å². The zero-order valence-electron chi connectivity index (χ0n) is 25.2. The predicted octanol–water partition coefficient (Wildman–Crippen LogP) is 9.50. The molecule has 40 heavy (non-hydrogen) atoms. The standard InChI is InChI=1S/C32H47ClN6O/c1-7-9-15-26(40)19-25(8-2)14-12-10-11-13-21(3)27-16-23(5)29(17-22(27)4)35-32-34-20-28(33)31(37-32)36-30-18-24(6)38-39-30/h16-18,20-21,25H,7-15,19H2,1-6H3,(H3,34,35,36,37,38,39). The highest BCUT2D eigenvalue weighted by atomic mass is 35.5. The molecule has 3 rings (SSSR count). The van der Waals surface area contributed by atoms with Gasteiger partial charge in [-0.3, -0.25) is 9.89 Å². The number of Topliss-reactive ketones (excluding diaryl/α,β-unsaturated/α-hetero) is 1. The number of carbonyl (C=O) groups is 1. The molecule has 0 aliphatic rings. The predicted molar refractivity (Wildman–Crippen MR) is 167 cm³/mol. The first-order valence-electron chi connectivity index (χ1n) is 14.9. The SMILES string of the molecule is CCCCC(=O)CC(CC)CCCCCC(C)c1cc(C)c(Nc2ncc(Cl)c(Nc3cc(C)[nH]n3)n2)cc1C. The maximum absolute atomic E-state index is 12.2. The first-order valence-corrected chi connectivity index (χ1v) is 15.3. The lowest BCUT2D eigenvalue weighted by Crippen LogP contribution is -2.08. The van der Waals surface area contributed by atoms with Gasteiger partial charge in [0.15, 0.2) is 11.6 Å². The van der Waals surface area contributed by atoms with Crippen molar-refractivity contribution in [2.24, 2.45) is 5.92 Å². The van der Waals surface area contributed by atoms with Gasteiger partial charge in [-0.2, -0.15) is 10.1 Å². The Morgan fingerprint density at radius 1 is 1.00 bits per heavy atom. The molecule has 2 unspecified atom stereocenters. The van der Waals surface area contributed by atoms with Gasteiger partial charge in [0.1, 0.15) is 10.8 Å². The molecular weight excluding hydrogens is 520 g/mol. The number of hydrogen-bond donors (Lipinski definition) is 3. The number of nitrogens with zero attached hydrogens (tertiary/aromatic N) is 3. The van der Waals surface area contributed by atoms with E-state index in [0.29, 0.717) is 40.2 Å². The van der Waals surface area contributed by atoms with E-state index in [1.807, 2.05) is 13.0 Å². The van der Waals surface area contributed by atoms with Gasteiger partial charge in [0.25, 0.3) is 0 Å². The lowest BCUT2D eigenvalue weighted by Gasteiger charge is -2.19. The molecule has 0 radical (unpaired) electrons. The van der Waals surface area contributed by atoms with E-state index >= 15 is 0 Å². The molecule has 2 aromatic heterocycles. The number of H-pyrrole nitrogens is 1. The van der Waals surface area contributed by atoms with Gasteiger partial charge in [0.05, 0.1) is 6.20 Å². The summed E-state index contributed by atoms with van der Waals surface area (Å²) in [5.41, 5.74) is 5.74. The summed E-state index contributed by atoms with van der Waals surface area (Å²) in [4.78, 5) is 21.1. The molecule has 0 saturated carbocycles. The van der Waals surface area contributed by atoms with Crippen molar-refractivity contribution in [3.05, 3.63) is 51.8 Å². The monoisotopic (exact) mass is 566 g/mol. The van der Waals surface area contributed by atoms with Gasteiger partial charge in [-0.1, -0.05) is 77.0 Å². The molecule has 1 aromatic carbocycles. The van der Waals surface area contributed by atoms with Crippen LogP contribution in [0.4, 0.5) is 23.3 Å². The smallest absolute Gasteiger partial charge is 0.229 e. The number of benzene rings is 1. The molecule has 3 N–H and O–H groups in total. The van der Waals surface area contributed by atoms with Crippen molar-refractivity contribution >= 4 is 40.7 Å². The average molecular weight is 567 g/mol. The topological polar surface area (TPSA) is 95.6 Å². The Labute approximate surface area is 245 Å². The fourth-order valence-electron chi connectivity index (χ4n) is 5.21. The van der Waals surface area contributed by atoms with Gasteiger partial charge in [0, 0.05) is 30.3 Å². The van der Waals surface area contributed by atoms with Crippen LogP contribution < -0.4 is 10.6 Å². The molecule has 0 fully saturated rings. The molecule has 0 saturated heterocycles. The Hall–Kier alpha value is -2.93. The molecule has 2 heterocycles. The molecule has 0 bridgehead atoms. The first kappa shape index (κ1) is 31.6. The van der Waals surface area contributed by atoms with Crippen LogP contribution in [0.3, 0.4) is 0 Å². The van der Waals surface area contributed by atoms with E-state index in [2.05, 4.69) is 77.6 Å². The number of halogens is 1. The van der Waals surface area contributed by atoms with Crippen LogP contribution in [0.2, 0.25) is 5.02 Å². The highest BCUT2D eigenvalue weighted by Crippen LogP contribution is 2.32. The summed E-state index contributed by atoms with van der Waals surface area (Å²) < 4.78 is 0. The van der Waals surface area contributed by atoms with Crippen LogP contribution in [-0.4, -0.2) is 25.9 Å². The molecule has 218 valence electrons. The van der Waals surface area contributed by atoms with Crippen molar-refractivity contribution in [2.75, 3.05) is 10.6 Å². The third-order valence-corrected chi connectivity index (χ3v) is 8.02. The number of aromatic amines is 1. The third kappa shape index (κ3) is 9.61. The number of nitrogens with one attached hydrogen (secondary N) is 3. The number of anilines is 4. The van der Waals surface area contributed by atoms with Crippen molar-refractivity contribution < 1.29 is 4.79 Å². The van der Waals surface area contributed by atoms with Gasteiger partial charge < -0.3 is 10.6 Å². The van der Waals surface area contributed by atoms with Crippen LogP contribution in [0.1, 0.15) is 113 Å². The van der Waals surface area contributed by atoms with Gasteiger partial charge >= 0.3 is 0 Å². The summed E-state index contributed by atoms with van der Waals surface area (Å²) in [5, 5.41) is 14.0. The highest BCUT2D eigenvalue weighted by Gasteiger charge is 2.15. The summed E-state index contributed by atoms with van der Waals surface area (Å²) in [7, 11) is 0. The van der Waals surface area contributed by atoms with E-state index in [0.717, 1.165) is 49.0 Å². The van der Waals surface area contributed by atoms with Gasteiger partial charge in [-0.15, -0.1) is 0 Å². The average Bonchev–Trinajstić information content (AvgIpc) is 3.34. The van der Waals surface area contributed by atoms with Gasteiger partial charge in [0.2, 0.25) is 5.95 Å². The maximum Gasteiger partial charge on any atom is 0.229 e. The molecule has 0 spiro atoms. The number of aryl methyl sites for hydroxylation is 3. The number of carbonyl (C=O) groups excluding carboxylic acids is 1. The van der Waals surface area contributed by atoms with Crippen LogP contribution in [0, 0.1) is 26.7 Å². The molecule has 3 aromatic rings. The molecular formula is C32H47ClN6O. The van der Waals surface area contributed by atoms with E-state index in [1.54, 1.807) is 6.20 Å². The lowest BCUT2D eigenvalue weighted by molar-refractivity contribution is -0.120. The maximum atomic E-state index is 12.2. The van der Waals surface area contributed by atoms with Crippen molar-refractivity contribution in [3.63, 3.8) is 0 Å². The highest BCUT2D eigenvalue weighted by molar-refractivity contribution is 6.32. The number of rotatable bonds is 17. The molecule has 0 amide bonds. The van der Waals surface area contributed by atoms with E-state index in [4.69, 9.17) is 11.6 Å². The second-order valence-corrected chi connectivity index (χ2v) is 11.7. The van der Waals surface area contributed by atoms with E-state index in [9.17, 15) is 4.79 Å². The summed E-state index contributed by atoms with van der Waals surface area (Å²) in [5.74, 6) is 3.12. The zero-order valence-corrected chi connectivity index (χ0v) is 25.9. The van der Waals surface area contributed by atoms with E-state index in [1.165, 1.54) is 43.2 Å². The molecule has 8 heteroatoms. The van der Waals surface area contributed by atoms with Crippen molar-refractivity contribution in [2.45, 2.75) is 112 Å². The first-order chi connectivity index (χ1) is 19.2. The third-order valence-electron chi connectivity index (χ3n) is 7.74. The minimum atomic E-state index is 0.425. The van der Waals surface area contributed by atoms with Crippen molar-refractivity contribution in [1.82, 2.24) is 20.2 Å². The fraction of sp³-hybridized carbons (Fsp3) is 0.562. The van der Waals surface area contributed by atoms with Crippen LogP contribution in [-0.2, 0) is 4.79 Å². The molecule has 0 aliphatic carbocycles. The summed E-state index contributed by atoms with van der Waals surface area (Å²) >= 11 is 6.32. The molecule has 2 atom stereocenters. The van der Waals surface area contributed by atoms with E-state index < -0.39 is 0 Å². The summed E-state index contributed by atoms with van der Waals surface area (Å²) in [6.07, 6.45) is 12.3. The Balaban J connectivity index is 1.52. The summed E-state index contributed by atoms with van der Waals surface area (Å²) in [6, 6.07) is 6.36. The Morgan fingerprint density at radius 2 is 1.77 bits per heavy atom. The van der Waals surface area contributed by atoms with Gasteiger partial charge in [-0.05, 0) is 68.2 Å². The van der Waals surface area contributed by atoms with Gasteiger partial charge in [-0.25, -0.2) is 4.98 Å². The minimum Gasteiger partial charge on any atom is -0.324 e. The van der Waals surface area contributed by atoms with Crippen LogP contribution in [0.5, 0.6) is 0 Å². The Kier molecular flexibility index (Phi) is 12.4. The van der Waals surface area contributed by atoms with Crippen LogP contribution in [0.25, 0.3) is 0 Å². The largest absolute Gasteiger partial charge is 0.324 e. The van der Waals surface area contributed by atoms with Crippen LogP contribution >= 0.6 is 11.6 Å². The zero-order chi connectivity index (χ0) is 29.1. The Morgan fingerprint density at radius 3 is 2.48 bits per heavy atom. The van der Waals surface area contributed by atoms with Crippen LogP contribution in [0.15, 0.2) is 24.4 Å². The number of hydrogen-bond acceptors (Lipinski definition) is 6. The number of unbranched alkanes of at least 4 members (excludes halogenated alkanes) is 3. The van der Waals surface area contributed by atoms with Crippen molar-refractivity contribution in [3.8, 4) is 0 Å². The number of aromatic nitrogens is 4. The fourth-order valence-corrected chi connectivity index (χ4v) is 5.35. The number of ketones is 1. The minimum absolute atomic E-state index is 0.425. The Bertz CT molecular complexity index is 1240. The normalized spacial score (nSPS) is 12.8. The quantitative estimate of drug-likeness (QED) is 0.141. The molecule has 0 aliphatic heterocycles. The van der Waals surface area contributed by atoms with E-state index in [-0.39, 0.29) is 0 Å². The summed E-state index contributed by atoms with van der Waals surface area (Å²) in [6.45, 7) is 12.9. The molecule has 7 nitrogen and oxygen atoms in total. The second kappa shape index (κ2) is 15.8.